The molecule has 0 aliphatic rings. The van der Waals surface area contributed by atoms with Crippen molar-refractivity contribution in [1.82, 2.24) is 4.98 Å². The molecule has 0 saturated carbocycles. The van der Waals surface area contributed by atoms with Gasteiger partial charge in [-0.2, -0.15) is 0 Å². The maximum atomic E-state index is 14.3. The highest BCUT2D eigenvalue weighted by Gasteiger charge is 2.08. The first-order chi connectivity index (χ1) is 17.2. The van der Waals surface area contributed by atoms with Crippen LogP contribution in [-0.2, 0) is 6.42 Å². The molecule has 0 saturated heterocycles. The van der Waals surface area contributed by atoms with Crippen molar-refractivity contribution in [1.29, 1.82) is 0 Å². The molecule has 2 nitrogen and oxygen atoms in total. The summed E-state index contributed by atoms with van der Waals surface area (Å²) in [6.45, 7) is 5.28. The Labute approximate surface area is 215 Å². The third-order valence-corrected chi connectivity index (χ3v) is 6.86. The van der Waals surface area contributed by atoms with Gasteiger partial charge in [-0.3, -0.25) is 4.98 Å². The highest BCUT2D eigenvalue weighted by atomic mass is 19.1. The maximum Gasteiger partial charge on any atom is 0.119 e. The van der Waals surface area contributed by atoms with E-state index in [9.17, 15) is 4.39 Å². The van der Waals surface area contributed by atoms with Crippen LogP contribution in [0.1, 0.15) is 122 Å². The summed E-state index contributed by atoms with van der Waals surface area (Å²) in [5.74, 6) is 0.923. The molecule has 1 heterocycles. The van der Waals surface area contributed by atoms with Gasteiger partial charge in [0, 0.05) is 11.8 Å². The van der Waals surface area contributed by atoms with E-state index in [2.05, 4.69) is 37.0 Å². The number of pyridine rings is 1. The zero-order valence-corrected chi connectivity index (χ0v) is 22.6. The molecule has 2 aromatic rings. The Morgan fingerprint density at radius 3 is 1.89 bits per heavy atom. The Hall–Kier alpha value is -1.90. The molecule has 1 atom stereocenters. The zero-order valence-electron chi connectivity index (χ0n) is 22.6. The summed E-state index contributed by atoms with van der Waals surface area (Å²) in [6, 6.07) is 12.3. The van der Waals surface area contributed by atoms with Crippen molar-refractivity contribution >= 4 is 0 Å². The molecule has 0 amide bonds. The standard InChI is InChI=1S/C32H50FNO/c1-3-5-7-9-11-13-15-17-30(33)22-18-28-19-25-32(34-27-28)29-20-23-31(24-21-29)35-26-16-14-12-10-8-6-4-2/h19-21,23-25,27,30H,3-18,22,26H2,1-2H3. The third-order valence-electron chi connectivity index (χ3n) is 6.86. The van der Waals surface area contributed by atoms with Crippen molar-refractivity contribution < 1.29 is 9.13 Å². The van der Waals surface area contributed by atoms with Gasteiger partial charge in [0.1, 0.15) is 11.9 Å². The smallest absolute Gasteiger partial charge is 0.119 e. The molecule has 0 aliphatic carbocycles. The molecular formula is C32H50FNO. The van der Waals surface area contributed by atoms with Crippen LogP contribution in [0.4, 0.5) is 4.39 Å². The lowest BCUT2D eigenvalue weighted by molar-refractivity contribution is 0.287. The van der Waals surface area contributed by atoms with Gasteiger partial charge in [0.25, 0.3) is 0 Å². The third kappa shape index (κ3) is 13.7. The normalized spacial score (nSPS) is 12.1. The van der Waals surface area contributed by atoms with Crippen LogP contribution >= 0.6 is 0 Å². The van der Waals surface area contributed by atoms with E-state index in [0.29, 0.717) is 12.8 Å². The number of ether oxygens (including phenoxy) is 1. The Balaban J connectivity index is 1.61. The Morgan fingerprint density at radius 1 is 0.686 bits per heavy atom. The van der Waals surface area contributed by atoms with Gasteiger partial charge < -0.3 is 4.74 Å². The molecule has 2 rings (SSSR count). The second-order valence-corrected chi connectivity index (χ2v) is 10.1. The summed E-state index contributed by atoms with van der Waals surface area (Å²) in [6.07, 6.45) is 21.0. The van der Waals surface area contributed by atoms with Gasteiger partial charge in [-0.15, -0.1) is 0 Å². The van der Waals surface area contributed by atoms with E-state index in [1.54, 1.807) is 0 Å². The summed E-state index contributed by atoms with van der Waals surface area (Å²) in [5.41, 5.74) is 3.15. The number of hydrogen-bond donors (Lipinski definition) is 0. The van der Waals surface area contributed by atoms with E-state index in [1.165, 1.54) is 77.0 Å². The first-order valence-corrected chi connectivity index (χ1v) is 14.5. The number of halogens is 1. The van der Waals surface area contributed by atoms with Crippen molar-refractivity contribution in [2.75, 3.05) is 6.61 Å². The first-order valence-electron chi connectivity index (χ1n) is 14.5. The Kier molecular flexibility index (Phi) is 16.2. The number of hydrogen-bond acceptors (Lipinski definition) is 2. The number of alkyl halides is 1. The van der Waals surface area contributed by atoms with E-state index < -0.39 is 6.17 Å². The van der Waals surface area contributed by atoms with Gasteiger partial charge >= 0.3 is 0 Å². The molecular weight excluding hydrogens is 433 g/mol. The van der Waals surface area contributed by atoms with Crippen molar-refractivity contribution in [3.8, 4) is 17.0 Å². The van der Waals surface area contributed by atoms with Crippen molar-refractivity contribution in [3.63, 3.8) is 0 Å². The van der Waals surface area contributed by atoms with Crippen LogP contribution in [0, 0.1) is 0 Å². The van der Waals surface area contributed by atoms with E-state index in [4.69, 9.17) is 4.74 Å². The molecule has 3 heteroatoms. The number of aryl methyl sites for hydroxylation is 1. The lowest BCUT2D eigenvalue weighted by Crippen LogP contribution is -2.02. The van der Waals surface area contributed by atoms with Gasteiger partial charge in [0.2, 0.25) is 0 Å². The molecule has 1 aromatic carbocycles. The fourth-order valence-corrected chi connectivity index (χ4v) is 4.50. The topological polar surface area (TPSA) is 22.1 Å². The van der Waals surface area contributed by atoms with E-state index in [1.807, 2.05) is 24.4 Å². The van der Waals surface area contributed by atoms with Gasteiger partial charge in [0.15, 0.2) is 0 Å². The minimum atomic E-state index is -0.695. The lowest BCUT2D eigenvalue weighted by Gasteiger charge is -2.09. The molecule has 196 valence electrons. The van der Waals surface area contributed by atoms with Crippen LogP contribution in [-0.4, -0.2) is 17.8 Å². The minimum Gasteiger partial charge on any atom is -0.494 e. The molecule has 0 fully saturated rings. The van der Waals surface area contributed by atoms with Crippen molar-refractivity contribution in [2.24, 2.45) is 0 Å². The predicted molar refractivity (Wildman–Crippen MR) is 149 cm³/mol. The molecule has 1 aromatic heterocycles. The zero-order chi connectivity index (χ0) is 25.0. The summed E-state index contributed by atoms with van der Waals surface area (Å²) in [7, 11) is 0. The Bertz CT molecular complexity index is 743. The number of rotatable bonds is 21. The molecule has 0 N–H and O–H groups in total. The van der Waals surface area contributed by atoms with Gasteiger partial charge in [-0.05, 0) is 61.6 Å². The highest BCUT2D eigenvalue weighted by molar-refractivity contribution is 5.60. The van der Waals surface area contributed by atoms with Crippen LogP contribution in [0.25, 0.3) is 11.3 Å². The second-order valence-electron chi connectivity index (χ2n) is 10.1. The number of nitrogens with zero attached hydrogens (tertiary/aromatic N) is 1. The summed E-state index contributed by atoms with van der Waals surface area (Å²) >= 11 is 0. The van der Waals surface area contributed by atoms with Crippen LogP contribution in [0.3, 0.4) is 0 Å². The SMILES string of the molecule is CCCCCCCCCOc1ccc(-c2ccc(CCC(F)CCCCCCCCC)cn2)cc1. The quantitative estimate of drug-likeness (QED) is 0.165. The van der Waals surface area contributed by atoms with Gasteiger partial charge in [-0.25, -0.2) is 4.39 Å². The van der Waals surface area contributed by atoms with Crippen LogP contribution in [0.2, 0.25) is 0 Å². The van der Waals surface area contributed by atoms with Crippen molar-refractivity contribution in [3.05, 3.63) is 48.2 Å². The van der Waals surface area contributed by atoms with E-state index in [-0.39, 0.29) is 0 Å². The maximum absolute atomic E-state index is 14.3. The first kappa shape index (κ1) is 29.3. The number of aromatic nitrogens is 1. The lowest BCUT2D eigenvalue weighted by atomic mass is 10.0. The fraction of sp³-hybridized carbons (Fsp3) is 0.656. The molecule has 35 heavy (non-hydrogen) atoms. The van der Waals surface area contributed by atoms with Gasteiger partial charge in [-0.1, -0.05) is 103 Å². The molecule has 0 spiro atoms. The molecule has 0 bridgehead atoms. The summed E-state index contributed by atoms with van der Waals surface area (Å²) in [4.78, 5) is 4.62. The number of benzene rings is 1. The van der Waals surface area contributed by atoms with E-state index >= 15 is 0 Å². The molecule has 1 unspecified atom stereocenters. The molecule has 0 aliphatic heterocycles. The average molecular weight is 484 g/mol. The fourth-order valence-electron chi connectivity index (χ4n) is 4.50. The number of unbranched alkanes of at least 4 members (excludes halogenated alkanes) is 12. The van der Waals surface area contributed by atoms with Crippen LogP contribution in [0.5, 0.6) is 5.75 Å². The minimum absolute atomic E-state index is 0.599. The monoisotopic (exact) mass is 483 g/mol. The predicted octanol–water partition coefficient (Wildman–Crippen LogP) is 10.3. The Morgan fingerprint density at radius 2 is 1.29 bits per heavy atom. The molecule has 0 radical (unpaired) electrons. The van der Waals surface area contributed by atoms with Crippen molar-refractivity contribution in [2.45, 2.75) is 129 Å². The second kappa shape index (κ2) is 19.3. The van der Waals surface area contributed by atoms with E-state index in [0.717, 1.165) is 48.4 Å². The average Bonchev–Trinajstić information content (AvgIpc) is 2.89. The largest absolute Gasteiger partial charge is 0.494 e. The van der Waals surface area contributed by atoms with Gasteiger partial charge in [0.05, 0.1) is 12.3 Å². The summed E-state index contributed by atoms with van der Waals surface area (Å²) in [5, 5.41) is 0. The highest BCUT2D eigenvalue weighted by Crippen LogP contribution is 2.22. The summed E-state index contributed by atoms with van der Waals surface area (Å²) < 4.78 is 20.2. The van der Waals surface area contributed by atoms with Crippen LogP contribution in [0.15, 0.2) is 42.6 Å². The van der Waals surface area contributed by atoms with Crippen LogP contribution < -0.4 is 4.74 Å².